The van der Waals surface area contributed by atoms with Gasteiger partial charge in [0.25, 0.3) is 0 Å². The highest BCUT2D eigenvalue weighted by molar-refractivity contribution is 7.47. The fourth-order valence-electron chi connectivity index (χ4n) is 5.32. The van der Waals surface area contributed by atoms with Gasteiger partial charge in [-0.15, -0.1) is 0 Å². The molecule has 324 valence electrons. The summed E-state index contributed by atoms with van der Waals surface area (Å²) in [4.78, 5) is 34.8. The van der Waals surface area contributed by atoms with Crippen LogP contribution in [0.5, 0.6) is 0 Å². The number of phosphoric acid groups is 1. The van der Waals surface area contributed by atoms with Crippen molar-refractivity contribution in [2.24, 2.45) is 5.73 Å². The number of unbranched alkanes of at least 4 members (excludes halogenated alkanes) is 10. The number of rotatable bonds is 39. The van der Waals surface area contributed by atoms with Crippen LogP contribution in [0.1, 0.15) is 155 Å². The molecule has 0 aromatic heterocycles. The largest absolute Gasteiger partial charge is 0.472 e. The number of phosphoric ester groups is 1. The number of esters is 2. The van der Waals surface area contributed by atoms with Gasteiger partial charge in [-0.3, -0.25) is 18.6 Å². The molecule has 57 heavy (non-hydrogen) atoms. The van der Waals surface area contributed by atoms with E-state index in [4.69, 9.17) is 24.3 Å². The van der Waals surface area contributed by atoms with E-state index >= 15 is 0 Å². The lowest BCUT2D eigenvalue weighted by Gasteiger charge is -2.19. The van der Waals surface area contributed by atoms with Gasteiger partial charge in [-0.25, -0.2) is 4.57 Å². The number of allylic oxidation sites excluding steroid dienone is 16. The number of hydrogen-bond acceptors (Lipinski definition) is 8. The summed E-state index contributed by atoms with van der Waals surface area (Å²) in [5.41, 5.74) is 5.34. The van der Waals surface area contributed by atoms with E-state index in [1.165, 1.54) is 19.3 Å². The van der Waals surface area contributed by atoms with Crippen LogP contribution in [0.3, 0.4) is 0 Å². The van der Waals surface area contributed by atoms with Crippen molar-refractivity contribution in [1.82, 2.24) is 0 Å². The van der Waals surface area contributed by atoms with Crippen molar-refractivity contribution in [2.75, 3.05) is 26.4 Å². The Kier molecular flexibility index (Phi) is 40.2. The Balaban J connectivity index is 4.20. The molecule has 10 heteroatoms. The van der Waals surface area contributed by atoms with Crippen molar-refractivity contribution < 1.29 is 37.6 Å². The third kappa shape index (κ3) is 42.4. The minimum Gasteiger partial charge on any atom is -0.462 e. The number of ether oxygens (including phenoxy) is 2. The fourth-order valence-corrected chi connectivity index (χ4v) is 6.09. The van der Waals surface area contributed by atoms with Crippen molar-refractivity contribution in [3.05, 3.63) is 97.2 Å². The van der Waals surface area contributed by atoms with E-state index in [-0.39, 0.29) is 32.6 Å². The van der Waals surface area contributed by atoms with Crippen molar-refractivity contribution in [3.8, 4) is 0 Å². The predicted molar refractivity (Wildman–Crippen MR) is 238 cm³/mol. The van der Waals surface area contributed by atoms with Crippen LogP contribution in [-0.4, -0.2) is 49.3 Å². The molecule has 0 saturated heterocycles. The van der Waals surface area contributed by atoms with Gasteiger partial charge in [0.05, 0.1) is 13.2 Å². The van der Waals surface area contributed by atoms with E-state index in [1.807, 2.05) is 0 Å². The molecule has 0 aliphatic rings. The Morgan fingerprint density at radius 1 is 0.526 bits per heavy atom. The van der Waals surface area contributed by atoms with Crippen LogP contribution in [0.4, 0.5) is 0 Å². The van der Waals surface area contributed by atoms with E-state index in [0.717, 1.165) is 96.3 Å². The Labute approximate surface area is 346 Å². The molecule has 0 fully saturated rings. The maximum absolute atomic E-state index is 12.6. The van der Waals surface area contributed by atoms with Crippen LogP contribution in [-0.2, 0) is 32.7 Å². The number of carbonyl (C=O) groups excluding carboxylic acids is 2. The third-order valence-corrected chi connectivity index (χ3v) is 9.45. The summed E-state index contributed by atoms with van der Waals surface area (Å²) in [6.45, 7) is 3.43. The van der Waals surface area contributed by atoms with E-state index in [9.17, 15) is 19.0 Å². The van der Waals surface area contributed by atoms with Crippen LogP contribution in [0.2, 0.25) is 0 Å². The van der Waals surface area contributed by atoms with Crippen molar-refractivity contribution >= 4 is 19.8 Å². The molecule has 3 N–H and O–H groups in total. The van der Waals surface area contributed by atoms with Gasteiger partial charge in [0.15, 0.2) is 6.10 Å². The molecule has 0 radical (unpaired) electrons. The minimum atomic E-state index is -4.39. The van der Waals surface area contributed by atoms with Gasteiger partial charge in [0.1, 0.15) is 6.61 Å². The zero-order chi connectivity index (χ0) is 41.8. The molecule has 0 aromatic rings. The Hall–Kier alpha value is -3.07. The van der Waals surface area contributed by atoms with Crippen LogP contribution < -0.4 is 5.73 Å². The summed E-state index contributed by atoms with van der Waals surface area (Å²) in [5, 5.41) is 0. The topological polar surface area (TPSA) is 134 Å². The van der Waals surface area contributed by atoms with Crippen molar-refractivity contribution in [1.29, 1.82) is 0 Å². The van der Waals surface area contributed by atoms with Crippen LogP contribution >= 0.6 is 7.82 Å². The summed E-state index contributed by atoms with van der Waals surface area (Å²) in [6.07, 6.45) is 54.4. The van der Waals surface area contributed by atoms with Crippen molar-refractivity contribution in [3.63, 3.8) is 0 Å². The Bertz CT molecular complexity index is 1250. The van der Waals surface area contributed by atoms with Gasteiger partial charge in [-0.05, 0) is 89.9 Å². The predicted octanol–water partition coefficient (Wildman–Crippen LogP) is 12.6. The molecule has 0 aromatic carbocycles. The third-order valence-electron chi connectivity index (χ3n) is 8.47. The summed E-state index contributed by atoms with van der Waals surface area (Å²) in [6, 6.07) is 0. The average Bonchev–Trinajstić information content (AvgIpc) is 3.20. The lowest BCUT2D eigenvalue weighted by molar-refractivity contribution is -0.161. The monoisotopic (exact) mass is 816 g/mol. The van der Waals surface area contributed by atoms with Crippen LogP contribution in [0.15, 0.2) is 97.2 Å². The quantitative estimate of drug-likeness (QED) is 0.0269. The molecule has 0 bridgehead atoms. The summed E-state index contributed by atoms with van der Waals surface area (Å²) < 4.78 is 32.7. The Morgan fingerprint density at radius 2 is 0.912 bits per heavy atom. The normalized spacial score (nSPS) is 14.2. The fraction of sp³-hybridized carbons (Fsp3) is 0.617. The van der Waals surface area contributed by atoms with Crippen LogP contribution in [0.25, 0.3) is 0 Å². The highest BCUT2D eigenvalue weighted by atomic mass is 31.2. The van der Waals surface area contributed by atoms with Gasteiger partial charge in [-0.1, -0.05) is 150 Å². The molecule has 0 aliphatic carbocycles. The van der Waals surface area contributed by atoms with E-state index < -0.39 is 32.5 Å². The summed E-state index contributed by atoms with van der Waals surface area (Å²) in [5.74, 6) is -0.887. The number of hydrogen-bond donors (Lipinski definition) is 2. The smallest absolute Gasteiger partial charge is 0.462 e. The molecule has 0 amide bonds. The lowest BCUT2D eigenvalue weighted by Crippen LogP contribution is -2.29. The summed E-state index contributed by atoms with van der Waals surface area (Å²) >= 11 is 0. The van der Waals surface area contributed by atoms with E-state index in [2.05, 4.69) is 111 Å². The molecular weight excluding hydrogens is 737 g/mol. The molecule has 0 saturated carbocycles. The maximum Gasteiger partial charge on any atom is 0.472 e. The molecule has 9 nitrogen and oxygen atoms in total. The molecule has 0 spiro atoms. The number of nitrogens with two attached hydrogens (primary N) is 1. The highest BCUT2D eigenvalue weighted by Gasteiger charge is 2.26. The molecule has 2 atom stereocenters. The van der Waals surface area contributed by atoms with Gasteiger partial charge < -0.3 is 20.1 Å². The minimum absolute atomic E-state index is 0.0415. The van der Waals surface area contributed by atoms with E-state index in [0.29, 0.717) is 12.8 Å². The van der Waals surface area contributed by atoms with Gasteiger partial charge in [-0.2, -0.15) is 0 Å². The second-order valence-corrected chi connectivity index (χ2v) is 15.2. The molecular formula is C47H78NO8P. The SMILES string of the molecule is CC/C=C\C/C=C\C/C=C\C/C=C\C/C=C\CCCCCCCCCC(=O)OC(COC(=O)CCCCC/C=C\C/C=C\C/C=C\CC)COP(=O)(O)OCCN. The first-order valence-corrected chi connectivity index (χ1v) is 23.2. The lowest BCUT2D eigenvalue weighted by atomic mass is 10.1. The standard InChI is InChI=1S/C47H78NO8P/c1-3-5-7-9-11-13-15-17-18-19-20-21-22-23-24-25-26-28-30-32-34-36-38-40-47(50)56-45(44-55-57(51,52)54-42-41-48)43-53-46(49)39-37-35-33-31-29-27-16-14-12-10-8-6-4-2/h5-8,11-14,17-18,20-21,23-24,27,29,45H,3-4,9-10,15-16,19,22,25-26,28,30-44,48H2,1-2H3,(H,51,52)/b7-5-,8-6-,13-11-,14-12-,18-17-,21-20-,24-23-,29-27-. The summed E-state index contributed by atoms with van der Waals surface area (Å²) in [7, 11) is -4.39. The number of carbonyl (C=O) groups is 2. The zero-order valence-corrected chi connectivity index (χ0v) is 36.4. The first kappa shape index (κ1) is 53.9. The maximum atomic E-state index is 12.6. The van der Waals surface area contributed by atoms with E-state index in [1.54, 1.807) is 0 Å². The zero-order valence-electron chi connectivity index (χ0n) is 35.5. The van der Waals surface area contributed by atoms with Gasteiger partial charge >= 0.3 is 19.8 Å². The first-order valence-electron chi connectivity index (χ1n) is 21.7. The van der Waals surface area contributed by atoms with Crippen molar-refractivity contribution in [2.45, 2.75) is 161 Å². The molecule has 0 heterocycles. The highest BCUT2D eigenvalue weighted by Crippen LogP contribution is 2.43. The van der Waals surface area contributed by atoms with Crippen LogP contribution in [0, 0.1) is 0 Å². The average molecular weight is 816 g/mol. The molecule has 0 rings (SSSR count). The molecule has 0 aliphatic heterocycles. The first-order chi connectivity index (χ1) is 27.8. The van der Waals surface area contributed by atoms with Gasteiger partial charge in [0, 0.05) is 19.4 Å². The second kappa shape index (κ2) is 42.5. The van der Waals surface area contributed by atoms with Gasteiger partial charge in [0.2, 0.25) is 0 Å². The molecule has 2 unspecified atom stereocenters. The second-order valence-electron chi connectivity index (χ2n) is 13.8. The Morgan fingerprint density at radius 3 is 1.37 bits per heavy atom.